The third-order valence-corrected chi connectivity index (χ3v) is 7.99. The van der Waals surface area contributed by atoms with Gasteiger partial charge in [0.15, 0.2) is 9.84 Å². The Balaban J connectivity index is 2.34. The molecular formula is C14H17F2N3O2S. The Morgan fingerprint density at radius 1 is 1.41 bits per heavy atom. The first-order valence-corrected chi connectivity index (χ1v) is 8.44. The van der Waals surface area contributed by atoms with Gasteiger partial charge in [0.05, 0.1) is 5.25 Å². The maximum Gasteiger partial charge on any atom is 0.168 e. The molecule has 1 unspecified atom stereocenters. The molecule has 5 nitrogen and oxygen atoms in total. The minimum Gasteiger partial charge on any atom is -0.399 e. The van der Waals surface area contributed by atoms with Gasteiger partial charge >= 0.3 is 0 Å². The van der Waals surface area contributed by atoms with Crippen LogP contribution in [0, 0.1) is 5.82 Å². The number of fused-ring (bicyclic) bond motifs is 2. The van der Waals surface area contributed by atoms with Crippen molar-refractivity contribution < 1.29 is 17.2 Å². The number of rotatable bonds is 2. The smallest absolute Gasteiger partial charge is 0.168 e. The average molecular weight is 329 g/mol. The van der Waals surface area contributed by atoms with Gasteiger partial charge in [-0.25, -0.2) is 17.2 Å². The Kier molecular flexibility index (Phi) is 3.05. The molecule has 1 aromatic carbocycles. The van der Waals surface area contributed by atoms with Gasteiger partial charge in [-0.05, 0) is 38.0 Å². The van der Waals surface area contributed by atoms with Gasteiger partial charge in [-0.1, -0.05) is 0 Å². The van der Waals surface area contributed by atoms with E-state index in [4.69, 9.17) is 11.5 Å². The molecule has 4 N–H and O–H groups in total. The lowest BCUT2D eigenvalue weighted by Gasteiger charge is -2.40. The molecule has 22 heavy (non-hydrogen) atoms. The van der Waals surface area contributed by atoms with Crippen molar-refractivity contribution in [2.75, 3.05) is 12.4 Å². The fraction of sp³-hybridized carbons (Fsp3) is 0.500. The number of halogens is 2. The second-order valence-electron chi connectivity index (χ2n) is 6.10. The molecule has 2 aliphatic rings. The minimum atomic E-state index is -3.78. The van der Waals surface area contributed by atoms with Gasteiger partial charge < -0.3 is 11.5 Å². The van der Waals surface area contributed by atoms with Crippen molar-refractivity contribution in [1.29, 1.82) is 0 Å². The van der Waals surface area contributed by atoms with Crippen molar-refractivity contribution in [1.82, 2.24) is 0 Å². The lowest BCUT2D eigenvalue weighted by Crippen LogP contribution is -2.57. The predicted octanol–water partition coefficient (Wildman–Crippen LogP) is 1.28. The summed E-state index contributed by atoms with van der Waals surface area (Å²) in [5, 5.41) is -1.14. The highest BCUT2D eigenvalue weighted by Gasteiger charge is 2.65. The third-order valence-electron chi connectivity index (χ3n) is 4.94. The van der Waals surface area contributed by atoms with E-state index in [2.05, 4.69) is 4.99 Å². The first kappa shape index (κ1) is 15.2. The summed E-state index contributed by atoms with van der Waals surface area (Å²) in [5.41, 5.74) is 9.70. The summed E-state index contributed by atoms with van der Waals surface area (Å²) in [6.07, 6.45) is 0.433. The number of amidine groups is 1. The fourth-order valence-corrected chi connectivity index (χ4v) is 6.04. The van der Waals surface area contributed by atoms with Crippen molar-refractivity contribution >= 4 is 21.4 Å². The van der Waals surface area contributed by atoms with E-state index in [-0.39, 0.29) is 29.9 Å². The van der Waals surface area contributed by atoms with E-state index < -0.39 is 37.9 Å². The minimum absolute atomic E-state index is 0.157. The number of hydrogen-bond acceptors (Lipinski definition) is 5. The first-order valence-electron chi connectivity index (χ1n) is 6.90. The van der Waals surface area contributed by atoms with E-state index in [0.717, 1.165) is 6.07 Å². The second-order valence-corrected chi connectivity index (χ2v) is 8.66. The first-order chi connectivity index (χ1) is 10.2. The number of aliphatic imine (C=N–C) groups is 1. The normalized spacial score (nSPS) is 36.1. The van der Waals surface area contributed by atoms with Gasteiger partial charge in [-0.3, -0.25) is 4.99 Å². The van der Waals surface area contributed by atoms with Gasteiger partial charge in [0.2, 0.25) is 0 Å². The van der Waals surface area contributed by atoms with Crippen LogP contribution >= 0.6 is 0 Å². The van der Waals surface area contributed by atoms with Crippen LogP contribution in [0.4, 0.5) is 14.5 Å². The quantitative estimate of drug-likeness (QED) is 0.799. The number of nitrogens with zero attached hydrogens (tertiary/aromatic N) is 1. The molecule has 1 saturated heterocycles. The van der Waals surface area contributed by atoms with Gasteiger partial charge in [0, 0.05) is 11.3 Å². The molecule has 2 aliphatic heterocycles. The Bertz CT molecular complexity index is 780. The summed E-state index contributed by atoms with van der Waals surface area (Å²) in [4.78, 5) is 4.14. The van der Waals surface area contributed by atoms with Gasteiger partial charge in [0.1, 0.15) is 28.6 Å². The molecule has 120 valence electrons. The highest BCUT2D eigenvalue weighted by molar-refractivity contribution is 7.94. The van der Waals surface area contributed by atoms with Crippen LogP contribution in [0.5, 0.6) is 0 Å². The van der Waals surface area contributed by atoms with Crippen LogP contribution in [0.15, 0.2) is 23.2 Å². The van der Waals surface area contributed by atoms with E-state index in [1.807, 2.05) is 0 Å². The molecule has 0 amide bonds. The Morgan fingerprint density at radius 3 is 2.73 bits per heavy atom. The van der Waals surface area contributed by atoms with Crippen LogP contribution in [-0.4, -0.2) is 30.9 Å². The molecule has 2 bridgehead atoms. The maximum atomic E-state index is 14.3. The highest BCUT2D eigenvalue weighted by Crippen LogP contribution is 2.51. The molecule has 1 fully saturated rings. The number of benzene rings is 1. The van der Waals surface area contributed by atoms with E-state index in [1.165, 1.54) is 19.1 Å². The van der Waals surface area contributed by atoms with Gasteiger partial charge in [-0.2, -0.15) is 0 Å². The van der Waals surface area contributed by atoms with E-state index >= 15 is 0 Å². The summed E-state index contributed by atoms with van der Waals surface area (Å²) in [6.45, 7) is 0.326. The number of alkyl halides is 1. The number of sulfone groups is 1. The Morgan fingerprint density at radius 2 is 2.09 bits per heavy atom. The van der Waals surface area contributed by atoms with Crippen molar-refractivity contribution in [2.24, 2.45) is 10.7 Å². The standard InChI is InChI=1S/C14H17F2N3O2S/c1-13-5-4-11(22(13,20)21)14(7-15,19-12(13)18)9-6-8(17)2-3-10(9)16/h2-3,6,11H,4-5,7,17H2,1H3,(H2,18,19)/t11?,13-,14+/m1/s1. The largest absolute Gasteiger partial charge is 0.399 e. The molecular weight excluding hydrogens is 312 g/mol. The zero-order valence-corrected chi connectivity index (χ0v) is 12.8. The topological polar surface area (TPSA) is 98.5 Å². The predicted molar refractivity (Wildman–Crippen MR) is 80.4 cm³/mol. The maximum absolute atomic E-state index is 14.3. The summed E-state index contributed by atoms with van der Waals surface area (Å²) >= 11 is 0. The molecule has 3 rings (SSSR count). The molecule has 0 aromatic heterocycles. The van der Waals surface area contributed by atoms with Crippen LogP contribution in [0.1, 0.15) is 25.3 Å². The molecule has 3 atom stereocenters. The number of nitrogens with two attached hydrogens (primary N) is 2. The van der Waals surface area contributed by atoms with Crippen LogP contribution in [0.2, 0.25) is 0 Å². The number of anilines is 1. The Labute approximate surface area is 127 Å². The van der Waals surface area contributed by atoms with Crippen LogP contribution < -0.4 is 11.5 Å². The second kappa shape index (κ2) is 4.41. The summed E-state index contributed by atoms with van der Waals surface area (Å²) in [6, 6.07) is 3.65. The lowest BCUT2D eigenvalue weighted by atomic mass is 9.86. The molecule has 1 aromatic rings. The number of hydrogen-bond donors (Lipinski definition) is 2. The summed E-state index contributed by atoms with van der Waals surface area (Å²) < 4.78 is 52.5. The average Bonchev–Trinajstić information content (AvgIpc) is 2.63. The molecule has 0 aliphatic carbocycles. The van der Waals surface area contributed by atoms with Crippen molar-refractivity contribution in [3.05, 3.63) is 29.6 Å². The fourth-order valence-electron chi connectivity index (χ4n) is 3.49. The number of nitrogen functional groups attached to an aromatic ring is 1. The SMILES string of the molecule is C[C@@]12CCC([C@](CF)(c3cc(N)ccc3F)N=C1N)S2(=O)=O. The van der Waals surface area contributed by atoms with Gasteiger partial charge in [0.25, 0.3) is 0 Å². The van der Waals surface area contributed by atoms with Crippen LogP contribution in [0.3, 0.4) is 0 Å². The zero-order valence-electron chi connectivity index (χ0n) is 12.0. The van der Waals surface area contributed by atoms with Crippen molar-refractivity contribution in [3.8, 4) is 0 Å². The van der Waals surface area contributed by atoms with E-state index in [0.29, 0.717) is 0 Å². The van der Waals surface area contributed by atoms with E-state index in [1.54, 1.807) is 0 Å². The van der Waals surface area contributed by atoms with Gasteiger partial charge in [-0.15, -0.1) is 0 Å². The van der Waals surface area contributed by atoms with Crippen molar-refractivity contribution in [3.63, 3.8) is 0 Å². The lowest BCUT2D eigenvalue weighted by molar-refractivity contribution is 0.289. The molecule has 2 heterocycles. The van der Waals surface area contributed by atoms with Crippen LogP contribution in [-0.2, 0) is 15.4 Å². The summed E-state index contributed by atoms with van der Waals surface area (Å²) in [7, 11) is -3.78. The van der Waals surface area contributed by atoms with E-state index in [9.17, 15) is 17.2 Å². The zero-order chi connectivity index (χ0) is 16.3. The highest BCUT2D eigenvalue weighted by atomic mass is 32.2. The molecule has 0 saturated carbocycles. The third kappa shape index (κ3) is 1.61. The van der Waals surface area contributed by atoms with Crippen molar-refractivity contribution in [2.45, 2.75) is 35.3 Å². The summed E-state index contributed by atoms with van der Waals surface area (Å²) in [5.74, 6) is -0.908. The molecule has 0 radical (unpaired) electrons. The monoisotopic (exact) mass is 329 g/mol. The molecule has 0 spiro atoms. The Hall–Kier alpha value is -1.70. The van der Waals surface area contributed by atoms with Crippen LogP contribution in [0.25, 0.3) is 0 Å². The molecule has 8 heteroatoms.